The van der Waals surface area contributed by atoms with Crippen molar-refractivity contribution in [3.63, 3.8) is 0 Å². The van der Waals surface area contributed by atoms with E-state index in [2.05, 4.69) is 59.8 Å². The average Bonchev–Trinajstić information content (AvgIpc) is 2.66. The molecule has 0 amide bonds. The molecule has 0 bridgehead atoms. The van der Waals surface area contributed by atoms with Gasteiger partial charge in [0.05, 0.1) is 7.11 Å². The maximum atomic E-state index is 5.10. The molecule has 28 heavy (non-hydrogen) atoms. The third kappa shape index (κ3) is 19.9. The van der Waals surface area contributed by atoms with Crippen LogP contribution in [0.15, 0.2) is 35.4 Å². The lowest BCUT2D eigenvalue weighted by molar-refractivity contribution is 0.411. The normalized spacial score (nSPS) is 10.2. The summed E-state index contributed by atoms with van der Waals surface area (Å²) >= 11 is 0. The minimum absolute atomic E-state index is 0.964. The summed E-state index contributed by atoms with van der Waals surface area (Å²) in [5.74, 6) is 3.58. The van der Waals surface area contributed by atoms with Crippen LogP contribution in [0.3, 0.4) is 0 Å². The van der Waals surface area contributed by atoms with Crippen molar-refractivity contribution < 1.29 is 4.74 Å². The summed E-state index contributed by atoms with van der Waals surface area (Å²) in [6.07, 6.45) is 10.3. The zero-order chi connectivity index (χ0) is 21.8. The highest BCUT2D eigenvalue weighted by atomic mass is 33.1. The Bertz CT molecular complexity index is 537. The first-order chi connectivity index (χ1) is 13.3. The number of allylic oxidation sites excluding steroid dienone is 4. The van der Waals surface area contributed by atoms with E-state index in [1.807, 2.05) is 47.6 Å². The van der Waals surface area contributed by atoms with Gasteiger partial charge in [-0.15, -0.1) is 0 Å². The van der Waals surface area contributed by atoms with E-state index in [9.17, 15) is 0 Å². The summed E-state index contributed by atoms with van der Waals surface area (Å²) in [7, 11) is 5.68. The van der Waals surface area contributed by atoms with Crippen LogP contribution in [0.25, 0.3) is 0 Å². The van der Waals surface area contributed by atoms with Crippen molar-refractivity contribution in [1.29, 1.82) is 0 Å². The van der Waals surface area contributed by atoms with Crippen molar-refractivity contribution in [3.05, 3.63) is 52.6 Å². The summed E-state index contributed by atoms with van der Waals surface area (Å²) < 4.78 is 5.10. The van der Waals surface area contributed by atoms with Gasteiger partial charge in [0.25, 0.3) is 0 Å². The molecule has 1 radical (unpaired) electrons. The topological polar surface area (TPSA) is 9.23 Å². The van der Waals surface area contributed by atoms with Gasteiger partial charge in [-0.2, -0.15) is 0 Å². The fraction of sp³-hybridized carbons (Fsp3) is 0.600. The molecule has 0 aliphatic rings. The summed E-state index contributed by atoms with van der Waals surface area (Å²) in [6, 6.07) is 6.15. The lowest BCUT2D eigenvalue weighted by atomic mass is 10.1. The Balaban J connectivity index is 0. The molecule has 0 saturated heterocycles. The van der Waals surface area contributed by atoms with Gasteiger partial charge in [-0.1, -0.05) is 70.4 Å². The molecule has 3 heteroatoms. The predicted molar refractivity (Wildman–Crippen MR) is 135 cm³/mol. The summed E-state index contributed by atoms with van der Waals surface area (Å²) in [6.45, 7) is 16.9. The Kier molecular flexibility index (Phi) is 22.0. The largest absolute Gasteiger partial charge is 0.496 e. The number of hydrogen-bond donors (Lipinski definition) is 0. The molecule has 0 unspecified atom stereocenters. The van der Waals surface area contributed by atoms with Crippen molar-refractivity contribution >= 4 is 21.6 Å². The van der Waals surface area contributed by atoms with Crippen LogP contribution < -0.4 is 4.74 Å². The third-order valence-electron chi connectivity index (χ3n) is 3.71. The van der Waals surface area contributed by atoms with E-state index in [1.165, 1.54) is 46.6 Å². The maximum absolute atomic E-state index is 5.10. The van der Waals surface area contributed by atoms with Gasteiger partial charge in [-0.05, 0) is 84.9 Å². The third-order valence-corrected chi connectivity index (χ3v) is 6.52. The molecule has 0 aromatic heterocycles. The fourth-order valence-corrected chi connectivity index (χ4v) is 4.29. The standard InChI is InChI=1S/C10H17.C9H12O.C6H14S2/c1-5-10(4)8-6-7-9(2)3;1-7-4-5-9(10-3)8(2)6-7;1-3-5-7-8-6-4-2/h7H,6,8H2,1-4H3;4-6H,1-3H3;3-6H2,1-2H3. The highest BCUT2D eigenvalue weighted by Crippen LogP contribution is 2.21. The van der Waals surface area contributed by atoms with E-state index in [0.717, 1.165) is 18.6 Å². The van der Waals surface area contributed by atoms with E-state index in [0.29, 0.717) is 0 Å². The molecule has 0 heterocycles. The van der Waals surface area contributed by atoms with Gasteiger partial charge in [-0.25, -0.2) is 0 Å². The second-order valence-electron chi connectivity index (χ2n) is 6.97. The van der Waals surface area contributed by atoms with Crippen LogP contribution in [0, 0.1) is 19.9 Å². The number of hydrogen-bond acceptors (Lipinski definition) is 3. The molecule has 0 atom stereocenters. The minimum atomic E-state index is 0.964. The molecule has 0 N–H and O–H groups in total. The van der Waals surface area contributed by atoms with Crippen molar-refractivity contribution in [1.82, 2.24) is 0 Å². The molecule has 0 aliphatic heterocycles. The highest BCUT2D eigenvalue weighted by Gasteiger charge is 1.94. The molecule has 161 valence electrons. The molecule has 0 saturated carbocycles. The molecule has 0 fully saturated rings. The van der Waals surface area contributed by atoms with E-state index < -0.39 is 0 Å². The van der Waals surface area contributed by atoms with Crippen LogP contribution in [0.2, 0.25) is 0 Å². The van der Waals surface area contributed by atoms with Crippen LogP contribution in [-0.2, 0) is 0 Å². The first-order valence-corrected chi connectivity index (χ1v) is 12.8. The number of aryl methyl sites for hydroxylation is 2. The second kappa shape index (κ2) is 20.9. The van der Waals surface area contributed by atoms with Crippen molar-refractivity contribution in [2.24, 2.45) is 0 Å². The minimum Gasteiger partial charge on any atom is -0.496 e. The summed E-state index contributed by atoms with van der Waals surface area (Å²) in [5, 5.41) is 0. The number of benzene rings is 1. The van der Waals surface area contributed by atoms with Crippen LogP contribution in [0.5, 0.6) is 5.75 Å². The fourth-order valence-electron chi connectivity index (χ4n) is 2.02. The van der Waals surface area contributed by atoms with Crippen LogP contribution in [-0.4, -0.2) is 18.6 Å². The SMILES string of the molecule is CCCSSCCC.COc1ccc(C)cc1C.C[C]=C(C)CCC=C(C)C. The zero-order valence-corrected chi connectivity index (χ0v) is 21.4. The van der Waals surface area contributed by atoms with Gasteiger partial charge in [0.2, 0.25) is 0 Å². The van der Waals surface area contributed by atoms with Gasteiger partial charge in [-0.3, -0.25) is 0 Å². The molecular weight excluding hydrogens is 380 g/mol. The maximum Gasteiger partial charge on any atom is 0.121 e. The highest BCUT2D eigenvalue weighted by molar-refractivity contribution is 8.76. The van der Waals surface area contributed by atoms with Gasteiger partial charge >= 0.3 is 0 Å². The van der Waals surface area contributed by atoms with Gasteiger partial charge in [0.1, 0.15) is 5.75 Å². The summed E-state index contributed by atoms with van der Waals surface area (Å²) in [4.78, 5) is 0. The molecule has 1 aromatic carbocycles. The zero-order valence-electron chi connectivity index (χ0n) is 19.8. The van der Waals surface area contributed by atoms with Crippen LogP contribution >= 0.6 is 21.6 Å². The Morgan fingerprint density at radius 2 is 1.61 bits per heavy atom. The Morgan fingerprint density at radius 3 is 2.00 bits per heavy atom. The number of rotatable bonds is 9. The molecule has 1 nitrogen and oxygen atoms in total. The smallest absolute Gasteiger partial charge is 0.121 e. The predicted octanol–water partition coefficient (Wildman–Crippen LogP) is 9.00. The molecule has 0 spiro atoms. The van der Waals surface area contributed by atoms with Crippen LogP contribution in [0.4, 0.5) is 0 Å². The van der Waals surface area contributed by atoms with E-state index >= 15 is 0 Å². The first-order valence-electron chi connectivity index (χ1n) is 10.3. The summed E-state index contributed by atoms with van der Waals surface area (Å²) in [5.41, 5.74) is 5.24. The Hall–Kier alpha value is -0.800. The van der Waals surface area contributed by atoms with Gasteiger partial charge < -0.3 is 4.74 Å². The molecule has 1 aromatic rings. The van der Waals surface area contributed by atoms with E-state index in [4.69, 9.17) is 4.74 Å². The second-order valence-corrected chi connectivity index (χ2v) is 9.67. The van der Waals surface area contributed by atoms with Crippen LogP contribution in [0.1, 0.15) is 78.4 Å². The molecular formula is C25H43OS2. The van der Waals surface area contributed by atoms with Crippen molar-refractivity contribution in [2.45, 2.75) is 81.1 Å². The van der Waals surface area contributed by atoms with E-state index in [1.54, 1.807) is 7.11 Å². The van der Waals surface area contributed by atoms with E-state index in [-0.39, 0.29) is 0 Å². The monoisotopic (exact) mass is 423 g/mol. The Morgan fingerprint density at radius 1 is 1.04 bits per heavy atom. The lowest BCUT2D eigenvalue weighted by Crippen LogP contribution is -1.86. The van der Waals surface area contributed by atoms with Crippen molar-refractivity contribution in [3.8, 4) is 5.75 Å². The molecule has 1 rings (SSSR count). The Labute approximate surface area is 184 Å². The van der Waals surface area contributed by atoms with Gasteiger partial charge in [0.15, 0.2) is 0 Å². The van der Waals surface area contributed by atoms with Crippen molar-refractivity contribution in [2.75, 3.05) is 18.6 Å². The molecule has 0 aliphatic carbocycles. The average molecular weight is 424 g/mol. The quantitative estimate of drug-likeness (QED) is 0.223. The number of methoxy groups -OCH3 is 1. The lowest BCUT2D eigenvalue weighted by Gasteiger charge is -2.03. The number of ether oxygens (including phenoxy) is 1. The first kappa shape index (κ1) is 29.4. The van der Waals surface area contributed by atoms with Gasteiger partial charge in [0, 0.05) is 11.5 Å².